The van der Waals surface area contributed by atoms with Crippen LogP contribution in [-0.2, 0) is 11.3 Å². The van der Waals surface area contributed by atoms with Crippen LogP contribution in [0.1, 0.15) is 64.1 Å². The van der Waals surface area contributed by atoms with Gasteiger partial charge < -0.3 is 4.90 Å². The van der Waals surface area contributed by atoms with Crippen molar-refractivity contribution in [2.24, 2.45) is 0 Å². The van der Waals surface area contributed by atoms with Crippen LogP contribution in [0.4, 0.5) is 4.39 Å². The summed E-state index contributed by atoms with van der Waals surface area (Å²) in [6.45, 7) is 4.76. The first-order valence-electron chi connectivity index (χ1n) is 11.9. The van der Waals surface area contributed by atoms with Gasteiger partial charge in [-0.2, -0.15) is 0 Å². The third-order valence-corrected chi connectivity index (χ3v) is 7.73. The molecular weight excluding hydrogens is 425 g/mol. The molecule has 1 aliphatic heterocycles. The molecule has 0 radical (unpaired) electrons. The smallest absolute Gasteiger partial charge is 0.235 e. The van der Waals surface area contributed by atoms with E-state index in [9.17, 15) is 9.18 Å². The number of hydrogen-bond donors (Lipinski definition) is 0. The summed E-state index contributed by atoms with van der Waals surface area (Å²) in [5.41, 5.74) is 0.825. The van der Waals surface area contributed by atoms with Crippen LogP contribution in [0.25, 0.3) is 5.69 Å². The van der Waals surface area contributed by atoms with Crippen molar-refractivity contribution in [3.63, 3.8) is 0 Å². The molecule has 4 rings (SSSR count). The predicted molar refractivity (Wildman–Crippen MR) is 125 cm³/mol. The van der Waals surface area contributed by atoms with E-state index in [1.807, 2.05) is 23.4 Å². The van der Waals surface area contributed by atoms with Crippen LogP contribution in [0.2, 0.25) is 0 Å². The zero-order chi connectivity index (χ0) is 22.5. The van der Waals surface area contributed by atoms with Crippen molar-refractivity contribution in [1.29, 1.82) is 0 Å². The van der Waals surface area contributed by atoms with Gasteiger partial charge in [0.05, 0.1) is 11.8 Å². The van der Waals surface area contributed by atoms with Crippen LogP contribution >= 0.6 is 11.8 Å². The Hall–Kier alpha value is -1.93. The van der Waals surface area contributed by atoms with Gasteiger partial charge in [-0.25, -0.2) is 4.39 Å². The summed E-state index contributed by atoms with van der Waals surface area (Å²) in [5.74, 6) is 0.695. The Morgan fingerprint density at radius 2 is 1.75 bits per heavy atom. The summed E-state index contributed by atoms with van der Waals surface area (Å²) in [4.78, 5) is 17.5. The fraction of sp³-hybridized carbons (Fsp3) is 0.625. The Morgan fingerprint density at radius 1 is 1.09 bits per heavy atom. The number of halogens is 1. The maximum Gasteiger partial charge on any atom is 0.235 e. The lowest BCUT2D eigenvalue weighted by Gasteiger charge is -2.32. The zero-order valence-electron chi connectivity index (χ0n) is 19.2. The molecule has 2 fully saturated rings. The average Bonchev–Trinajstić information content (AvgIpc) is 3.21. The lowest BCUT2D eigenvalue weighted by Crippen LogP contribution is -2.42. The third-order valence-electron chi connectivity index (χ3n) is 6.70. The number of nitrogens with zero attached hydrogens (tertiary/aromatic N) is 5. The van der Waals surface area contributed by atoms with Gasteiger partial charge in [-0.15, -0.1) is 10.2 Å². The zero-order valence-corrected chi connectivity index (χ0v) is 20.0. The Labute approximate surface area is 194 Å². The first kappa shape index (κ1) is 23.2. The number of carbonyl (C=O) groups is 1. The third kappa shape index (κ3) is 5.52. The van der Waals surface area contributed by atoms with E-state index in [-0.39, 0.29) is 17.0 Å². The van der Waals surface area contributed by atoms with Crippen LogP contribution < -0.4 is 0 Å². The van der Waals surface area contributed by atoms with E-state index in [1.165, 1.54) is 62.4 Å². The number of likely N-dealkylation sites (tertiary alicyclic amines) is 1. The van der Waals surface area contributed by atoms with E-state index in [4.69, 9.17) is 0 Å². The highest BCUT2D eigenvalue weighted by atomic mass is 32.2. The van der Waals surface area contributed by atoms with Crippen LogP contribution in [0.15, 0.2) is 29.4 Å². The lowest BCUT2D eigenvalue weighted by molar-refractivity contribution is -0.131. The second-order valence-electron chi connectivity index (χ2n) is 9.05. The Balaban J connectivity index is 1.54. The van der Waals surface area contributed by atoms with Gasteiger partial charge in [0, 0.05) is 18.8 Å². The molecule has 1 saturated carbocycles. The molecule has 0 bridgehead atoms. The number of hydrogen-bond acceptors (Lipinski definition) is 5. The van der Waals surface area contributed by atoms with E-state index >= 15 is 0 Å². The van der Waals surface area contributed by atoms with Gasteiger partial charge in [0.15, 0.2) is 11.0 Å². The quantitative estimate of drug-likeness (QED) is 0.564. The monoisotopic (exact) mass is 459 g/mol. The molecule has 1 atom stereocenters. The second kappa shape index (κ2) is 10.8. The van der Waals surface area contributed by atoms with Crippen molar-refractivity contribution in [1.82, 2.24) is 24.6 Å². The van der Waals surface area contributed by atoms with Crippen molar-refractivity contribution in [3.05, 3.63) is 35.9 Å². The van der Waals surface area contributed by atoms with E-state index in [0.717, 1.165) is 37.4 Å². The largest absolute Gasteiger partial charge is 0.342 e. The number of aromatic nitrogens is 3. The maximum absolute atomic E-state index is 13.6. The normalized spacial score (nSPS) is 19.1. The highest BCUT2D eigenvalue weighted by Gasteiger charge is 2.28. The van der Waals surface area contributed by atoms with Gasteiger partial charge in [0.2, 0.25) is 5.91 Å². The fourth-order valence-electron chi connectivity index (χ4n) is 4.79. The summed E-state index contributed by atoms with van der Waals surface area (Å²) in [6, 6.07) is 6.76. The van der Waals surface area contributed by atoms with Crippen LogP contribution in [0.5, 0.6) is 0 Å². The van der Waals surface area contributed by atoms with E-state index in [2.05, 4.69) is 15.1 Å². The van der Waals surface area contributed by atoms with Gasteiger partial charge >= 0.3 is 0 Å². The van der Waals surface area contributed by atoms with Crippen molar-refractivity contribution < 1.29 is 9.18 Å². The molecule has 1 amide bonds. The Morgan fingerprint density at radius 3 is 2.44 bits per heavy atom. The number of thioether (sulfide) groups is 1. The minimum Gasteiger partial charge on any atom is -0.342 e. The molecule has 0 N–H and O–H groups in total. The molecule has 1 aromatic heterocycles. The number of piperidine rings is 1. The van der Waals surface area contributed by atoms with Crippen molar-refractivity contribution >= 4 is 17.7 Å². The Kier molecular flexibility index (Phi) is 7.84. The molecule has 1 saturated heterocycles. The first-order chi connectivity index (χ1) is 15.5. The highest BCUT2D eigenvalue weighted by molar-refractivity contribution is 8.00. The number of amides is 1. The lowest BCUT2D eigenvalue weighted by atomic mass is 9.94. The van der Waals surface area contributed by atoms with E-state index in [0.29, 0.717) is 17.7 Å². The highest BCUT2D eigenvalue weighted by Crippen LogP contribution is 2.29. The number of carbonyl (C=O) groups excluding carboxylic acids is 1. The summed E-state index contributed by atoms with van der Waals surface area (Å²) in [6.07, 6.45) is 9.51. The van der Waals surface area contributed by atoms with Gasteiger partial charge in [0.1, 0.15) is 5.82 Å². The summed E-state index contributed by atoms with van der Waals surface area (Å²) < 4.78 is 15.6. The SMILES string of the molecule is C[C@H](Sc1nnc(CN2CCCCC2)n1-c1ccc(F)cc1)C(=O)N(C)C1CCCCC1. The maximum atomic E-state index is 13.6. The second-order valence-corrected chi connectivity index (χ2v) is 10.4. The van der Waals surface area contributed by atoms with Crippen molar-refractivity contribution in [2.75, 3.05) is 20.1 Å². The summed E-state index contributed by atoms with van der Waals surface area (Å²) in [7, 11) is 1.93. The van der Waals surface area contributed by atoms with Crippen molar-refractivity contribution in [2.45, 2.75) is 81.3 Å². The molecule has 2 aromatic rings. The van der Waals surface area contributed by atoms with E-state index < -0.39 is 0 Å². The molecule has 32 heavy (non-hydrogen) atoms. The predicted octanol–water partition coefficient (Wildman–Crippen LogP) is 4.66. The standard InChI is InChI=1S/C24H34FN5OS/c1-18(23(31)28(2)20-9-5-3-6-10-20)32-24-27-26-22(17-29-15-7-4-8-16-29)30(24)21-13-11-19(25)12-14-21/h11-14,18,20H,3-10,15-17H2,1-2H3/t18-/m0/s1. The van der Waals surface area contributed by atoms with Crippen LogP contribution in [0, 0.1) is 5.82 Å². The molecule has 2 aliphatic rings. The molecule has 0 spiro atoms. The molecule has 174 valence electrons. The molecule has 0 unspecified atom stereocenters. The molecule has 2 heterocycles. The Bertz CT molecular complexity index is 890. The number of rotatable bonds is 7. The van der Waals surface area contributed by atoms with Gasteiger partial charge in [-0.05, 0) is 70.0 Å². The fourth-order valence-corrected chi connectivity index (χ4v) is 5.78. The van der Waals surface area contributed by atoms with Crippen molar-refractivity contribution in [3.8, 4) is 5.69 Å². The molecule has 6 nitrogen and oxygen atoms in total. The first-order valence-corrected chi connectivity index (χ1v) is 12.8. The van der Waals surface area contributed by atoms with Gasteiger partial charge in [0.25, 0.3) is 0 Å². The molecular formula is C24H34FN5OS. The average molecular weight is 460 g/mol. The van der Waals surface area contributed by atoms with E-state index in [1.54, 1.807) is 12.1 Å². The molecule has 1 aromatic carbocycles. The minimum absolute atomic E-state index is 0.133. The molecule has 8 heteroatoms. The van der Waals surface area contributed by atoms with Crippen LogP contribution in [0.3, 0.4) is 0 Å². The van der Waals surface area contributed by atoms with Gasteiger partial charge in [-0.1, -0.05) is 37.4 Å². The molecule has 1 aliphatic carbocycles. The minimum atomic E-state index is -0.272. The van der Waals surface area contributed by atoms with Gasteiger partial charge in [-0.3, -0.25) is 14.3 Å². The summed E-state index contributed by atoms with van der Waals surface area (Å²) >= 11 is 1.44. The number of benzene rings is 1. The van der Waals surface area contributed by atoms with Crippen LogP contribution in [-0.4, -0.2) is 61.9 Å². The topological polar surface area (TPSA) is 54.3 Å². The summed E-state index contributed by atoms with van der Waals surface area (Å²) in [5, 5.41) is 9.36.